The van der Waals surface area contributed by atoms with Crippen LogP contribution in [0.25, 0.3) is 16.9 Å². The number of hydrogen-bond acceptors (Lipinski definition) is 5. The highest BCUT2D eigenvalue weighted by Crippen LogP contribution is 2.25. The Kier molecular flexibility index (Phi) is 3.85. The zero-order valence-electron chi connectivity index (χ0n) is 12.9. The minimum Gasteiger partial charge on any atom is -0.369 e. The van der Waals surface area contributed by atoms with E-state index in [1.165, 1.54) is 6.20 Å². The Morgan fingerprint density at radius 2 is 2.08 bits per heavy atom. The van der Waals surface area contributed by atoms with Gasteiger partial charge in [-0.1, -0.05) is 5.92 Å². The molecule has 3 aromatic heterocycles. The van der Waals surface area contributed by atoms with Gasteiger partial charge in [0.15, 0.2) is 0 Å². The summed E-state index contributed by atoms with van der Waals surface area (Å²) in [6.07, 6.45) is 8.59. The van der Waals surface area contributed by atoms with Crippen molar-refractivity contribution in [3.05, 3.63) is 47.8 Å². The van der Waals surface area contributed by atoms with E-state index in [-0.39, 0.29) is 6.04 Å². The standard InChI is InChI=1S/C18H12N6/c1-3-14-11-21-17(7-16(14)23-12(2)8-19)18-5-4-15-6-13(9-20)10-22-24(15)18/h1,4-7,10-12H,2H3,(H,21,23)/t12-/m1/s1. The third-order valence-electron chi connectivity index (χ3n) is 3.52. The van der Waals surface area contributed by atoms with Crippen LogP contribution in [0.2, 0.25) is 0 Å². The Labute approximate surface area is 139 Å². The Hall–Kier alpha value is -3.82. The molecule has 0 aliphatic heterocycles. The topological polar surface area (TPSA) is 89.8 Å². The van der Waals surface area contributed by atoms with Crippen LogP contribution in [-0.2, 0) is 0 Å². The van der Waals surface area contributed by atoms with Crippen molar-refractivity contribution in [3.63, 3.8) is 0 Å². The monoisotopic (exact) mass is 312 g/mol. The van der Waals surface area contributed by atoms with Crippen LogP contribution in [-0.4, -0.2) is 20.6 Å². The van der Waals surface area contributed by atoms with Crippen LogP contribution in [0.3, 0.4) is 0 Å². The third-order valence-corrected chi connectivity index (χ3v) is 3.52. The first-order valence-corrected chi connectivity index (χ1v) is 7.17. The first-order chi connectivity index (χ1) is 11.7. The maximum Gasteiger partial charge on any atom is 0.111 e. The molecule has 1 atom stereocenters. The molecule has 6 heteroatoms. The minimum absolute atomic E-state index is 0.382. The quantitative estimate of drug-likeness (QED) is 0.751. The van der Waals surface area contributed by atoms with Gasteiger partial charge in [0.25, 0.3) is 0 Å². The summed E-state index contributed by atoms with van der Waals surface area (Å²) in [5.74, 6) is 2.56. The fourth-order valence-corrected chi connectivity index (χ4v) is 2.35. The molecule has 0 fully saturated rings. The molecule has 3 aromatic rings. The van der Waals surface area contributed by atoms with Gasteiger partial charge in [-0.3, -0.25) is 4.98 Å². The molecule has 0 spiro atoms. The first-order valence-electron chi connectivity index (χ1n) is 7.17. The summed E-state index contributed by atoms with van der Waals surface area (Å²) in [7, 11) is 0. The highest BCUT2D eigenvalue weighted by Gasteiger charge is 2.12. The van der Waals surface area contributed by atoms with E-state index in [0.29, 0.717) is 22.5 Å². The van der Waals surface area contributed by atoms with E-state index in [1.807, 2.05) is 12.1 Å². The van der Waals surface area contributed by atoms with Crippen LogP contribution >= 0.6 is 0 Å². The third kappa shape index (κ3) is 2.63. The molecule has 0 bridgehead atoms. The molecule has 3 heterocycles. The molecule has 0 amide bonds. The lowest BCUT2D eigenvalue weighted by atomic mass is 10.1. The van der Waals surface area contributed by atoms with Crippen LogP contribution in [0.5, 0.6) is 0 Å². The van der Waals surface area contributed by atoms with Crippen LogP contribution in [0.1, 0.15) is 18.1 Å². The average molecular weight is 312 g/mol. The number of nitrogens with zero attached hydrogens (tertiary/aromatic N) is 5. The smallest absolute Gasteiger partial charge is 0.111 e. The van der Waals surface area contributed by atoms with E-state index in [4.69, 9.17) is 16.9 Å². The number of nitriles is 2. The number of hydrogen-bond donors (Lipinski definition) is 1. The van der Waals surface area contributed by atoms with Crippen molar-refractivity contribution in [1.29, 1.82) is 10.5 Å². The van der Waals surface area contributed by atoms with Gasteiger partial charge >= 0.3 is 0 Å². The zero-order valence-corrected chi connectivity index (χ0v) is 12.9. The molecule has 0 radical (unpaired) electrons. The van der Waals surface area contributed by atoms with Gasteiger partial charge in [0.05, 0.1) is 46.0 Å². The highest BCUT2D eigenvalue weighted by atomic mass is 15.2. The van der Waals surface area contributed by atoms with Crippen molar-refractivity contribution in [2.75, 3.05) is 5.32 Å². The number of anilines is 1. The van der Waals surface area contributed by atoms with Gasteiger partial charge in [0.2, 0.25) is 0 Å². The van der Waals surface area contributed by atoms with Crippen LogP contribution in [0.15, 0.2) is 36.7 Å². The summed E-state index contributed by atoms with van der Waals surface area (Å²) in [5, 5.41) is 25.3. The summed E-state index contributed by atoms with van der Waals surface area (Å²) in [4.78, 5) is 4.39. The number of pyridine rings is 1. The molecule has 24 heavy (non-hydrogen) atoms. The molecular formula is C18H12N6. The normalized spacial score (nSPS) is 11.2. The fraction of sp³-hybridized carbons (Fsp3) is 0.111. The SMILES string of the molecule is C#Cc1cnc(-c2ccc3cc(C#N)cnn23)cc1N[C@H](C)C#N. The molecule has 0 aliphatic carbocycles. The minimum atomic E-state index is -0.382. The summed E-state index contributed by atoms with van der Waals surface area (Å²) in [5.41, 5.74) is 3.98. The highest BCUT2D eigenvalue weighted by molar-refractivity contribution is 5.70. The maximum absolute atomic E-state index is 8.98. The van der Waals surface area contributed by atoms with Crippen molar-refractivity contribution in [1.82, 2.24) is 14.6 Å². The molecule has 0 unspecified atom stereocenters. The van der Waals surface area contributed by atoms with E-state index >= 15 is 0 Å². The van der Waals surface area contributed by atoms with Gasteiger partial charge in [-0.15, -0.1) is 6.42 Å². The lowest BCUT2D eigenvalue weighted by Gasteiger charge is -2.11. The summed E-state index contributed by atoms with van der Waals surface area (Å²) >= 11 is 0. The average Bonchev–Trinajstić information content (AvgIpc) is 3.04. The van der Waals surface area contributed by atoms with Gasteiger partial charge in [-0.05, 0) is 31.2 Å². The molecule has 3 rings (SSSR count). The van der Waals surface area contributed by atoms with Crippen molar-refractivity contribution in [3.8, 4) is 35.9 Å². The van der Waals surface area contributed by atoms with Crippen molar-refractivity contribution < 1.29 is 0 Å². The molecule has 0 aliphatic rings. The van der Waals surface area contributed by atoms with Crippen molar-refractivity contribution in [2.24, 2.45) is 0 Å². The second kappa shape index (κ2) is 6.12. The Morgan fingerprint density at radius 1 is 1.25 bits per heavy atom. The summed E-state index contributed by atoms with van der Waals surface area (Å²) in [6.45, 7) is 1.75. The fourth-order valence-electron chi connectivity index (χ4n) is 2.35. The lowest BCUT2D eigenvalue weighted by Crippen LogP contribution is -2.13. The number of nitrogens with one attached hydrogen (secondary N) is 1. The Bertz CT molecular complexity index is 1040. The number of fused-ring (bicyclic) bond motifs is 1. The number of rotatable bonds is 3. The van der Waals surface area contributed by atoms with E-state index < -0.39 is 0 Å². The molecule has 114 valence electrons. The molecule has 0 saturated carbocycles. The summed E-state index contributed by atoms with van der Waals surface area (Å²) < 4.78 is 1.70. The number of aromatic nitrogens is 3. The van der Waals surface area contributed by atoms with Gasteiger partial charge < -0.3 is 5.32 Å². The Balaban J connectivity index is 2.10. The lowest BCUT2D eigenvalue weighted by molar-refractivity contribution is 0.939. The van der Waals surface area contributed by atoms with Crippen LogP contribution < -0.4 is 5.32 Å². The van der Waals surface area contributed by atoms with Crippen LogP contribution in [0.4, 0.5) is 5.69 Å². The molecule has 0 saturated heterocycles. The van der Waals surface area contributed by atoms with Crippen molar-refractivity contribution in [2.45, 2.75) is 13.0 Å². The van der Waals surface area contributed by atoms with E-state index in [1.54, 1.807) is 29.8 Å². The van der Waals surface area contributed by atoms with Crippen molar-refractivity contribution >= 4 is 11.2 Å². The second-order valence-electron chi connectivity index (χ2n) is 5.17. The van der Waals surface area contributed by atoms with Crippen LogP contribution in [0, 0.1) is 35.0 Å². The Morgan fingerprint density at radius 3 is 2.79 bits per heavy atom. The second-order valence-corrected chi connectivity index (χ2v) is 5.17. The zero-order chi connectivity index (χ0) is 17.1. The van der Waals surface area contributed by atoms with E-state index in [0.717, 1.165) is 11.2 Å². The van der Waals surface area contributed by atoms with Gasteiger partial charge in [0, 0.05) is 6.20 Å². The van der Waals surface area contributed by atoms with Gasteiger partial charge in [-0.2, -0.15) is 15.6 Å². The predicted octanol–water partition coefficient (Wildman–Crippen LogP) is 2.57. The molecule has 1 N–H and O–H groups in total. The molecule has 6 nitrogen and oxygen atoms in total. The van der Waals surface area contributed by atoms with Gasteiger partial charge in [0.1, 0.15) is 12.1 Å². The van der Waals surface area contributed by atoms with Gasteiger partial charge in [-0.25, -0.2) is 4.52 Å². The largest absolute Gasteiger partial charge is 0.369 e. The summed E-state index contributed by atoms with van der Waals surface area (Å²) in [6, 6.07) is 11.1. The van der Waals surface area contributed by atoms with E-state index in [9.17, 15) is 0 Å². The van der Waals surface area contributed by atoms with E-state index in [2.05, 4.69) is 33.5 Å². The maximum atomic E-state index is 8.98. The number of terminal acetylenes is 1. The first kappa shape index (κ1) is 15.1. The molecule has 0 aromatic carbocycles. The molecular weight excluding hydrogens is 300 g/mol. The predicted molar refractivity (Wildman–Crippen MR) is 89.8 cm³/mol.